The summed E-state index contributed by atoms with van der Waals surface area (Å²) in [6.45, 7) is 3.81. The highest BCUT2D eigenvalue weighted by atomic mass is 19.1. The largest absolute Gasteiger partial charge is 0.338 e. The molecule has 2 amide bonds. The summed E-state index contributed by atoms with van der Waals surface area (Å²) >= 11 is 0. The van der Waals surface area contributed by atoms with Crippen molar-refractivity contribution in [3.8, 4) is 0 Å². The van der Waals surface area contributed by atoms with Crippen molar-refractivity contribution in [1.29, 1.82) is 0 Å². The fourth-order valence-corrected chi connectivity index (χ4v) is 6.47. The maximum Gasteiger partial charge on any atom is 0.332 e. The lowest BCUT2D eigenvalue weighted by molar-refractivity contribution is 0.0738. The van der Waals surface area contributed by atoms with Gasteiger partial charge in [-0.1, -0.05) is 25.1 Å². The van der Waals surface area contributed by atoms with Crippen LogP contribution in [0.4, 0.5) is 16.0 Å². The lowest BCUT2D eigenvalue weighted by Crippen LogP contribution is -2.40. The van der Waals surface area contributed by atoms with Gasteiger partial charge in [-0.15, -0.1) is 0 Å². The Hall–Kier alpha value is -5.19. The standard InChI is InChI=1S/C36H35FN6O4/c1-2-17-42-32-29(35(46)43(36(42)47)27-13-14-27)21-30(39-32)25-10-15-31(38-22-25)41(33(44)24-8-11-26(37)12-9-24)19-5-18-40-20-16-23-6-3-4-7-28(23)34(40)45/h3-4,6-12,15,22,27H,2,5,13-14,16-21H2,1H3. The maximum absolute atomic E-state index is 13.7. The van der Waals surface area contributed by atoms with Gasteiger partial charge in [0.1, 0.15) is 17.5 Å². The molecule has 2 aromatic heterocycles. The van der Waals surface area contributed by atoms with Crippen LogP contribution in [0, 0.1) is 5.82 Å². The summed E-state index contributed by atoms with van der Waals surface area (Å²) in [5.41, 5.74) is 3.34. The number of halogens is 1. The summed E-state index contributed by atoms with van der Waals surface area (Å²) in [4.78, 5) is 66.1. The van der Waals surface area contributed by atoms with Gasteiger partial charge in [0.2, 0.25) is 0 Å². The number of benzene rings is 2. The second kappa shape index (κ2) is 12.5. The molecule has 1 aliphatic carbocycles. The summed E-state index contributed by atoms with van der Waals surface area (Å²) in [7, 11) is 0. The number of hydrogen-bond donors (Lipinski definition) is 0. The van der Waals surface area contributed by atoms with Crippen molar-refractivity contribution >= 4 is 29.2 Å². The van der Waals surface area contributed by atoms with Crippen LogP contribution in [0.2, 0.25) is 0 Å². The van der Waals surface area contributed by atoms with Gasteiger partial charge < -0.3 is 4.90 Å². The number of hydrogen-bond acceptors (Lipinski definition) is 6. The van der Waals surface area contributed by atoms with Crippen molar-refractivity contribution in [2.45, 2.75) is 58.0 Å². The summed E-state index contributed by atoms with van der Waals surface area (Å²) < 4.78 is 16.7. The molecule has 0 bridgehead atoms. The fraction of sp³-hybridized carbons (Fsp3) is 0.333. The number of aromatic nitrogens is 3. The van der Waals surface area contributed by atoms with Crippen molar-refractivity contribution in [3.63, 3.8) is 0 Å². The Kier molecular flexibility index (Phi) is 8.13. The normalized spacial score (nSPS) is 15.3. The second-order valence-corrected chi connectivity index (χ2v) is 12.3. The third-order valence-corrected chi connectivity index (χ3v) is 9.07. The van der Waals surface area contributed by atoms with Crippen LogP contribution in [0.1, 0.15) is 76.1 Å². The Balaban J connectivity index is 1.13. The number of nitrogens with zero attached hydrogens (tertiary/aromatic N) is 6. The molecule has 4 aromatic rings. The van der Waals surface area contributed by atoms with Crippen molar-refractivity contribution in [2.24, 2.45) is 4.99 Å². The highest BCUT2D eigenvalue weighted by Gasteiger charge is 2.33. The van der Waals surface area contributed by atoms with Gasteiger partial charge in [-0.05, 0) is 80.1 Å². The molecule has 0 N–H and O–H groups in total. The van der Waals surface area contributed by atoms with E-state index in [0.29, 0.717) is 65.7 Å². The number of carbonyl (C=O) groups excluding carboxylic acids is 2. The molecule has 0 unspecified atom stereocenters. The van der Waals surface area contributed by atoms with Crippen molar-refractivity contribution in [1.82, 2.24) is 19.0 Å². The summed E-state index contributed by atoms with van der Waals surface area (Å²) in [6, 6.07) is 16.5. The minimum Gasteiger partial charge on any atom is -0.338 e. The van der Waals surface area contributed by atoms with E-state index in [1.807, 2.05) is 42.2 Å². The molecule has 47 heavy (non-hydrogen) atoms. The van der Waals surface area contributed by atoms with E-state index < -0.39 is 5.82 Å². The van der Waals surface area contributed by atoms with Gasteiger partial charge in [0.15, 0.2) is 0 Å². The molecule has 11 heteroatoms. The van der Waals surface area contributed by atoms with Crippen LogP contribution in [0.5, 0.6) is 0 Å². The summed E-state index contributed by atoms with van der Waals surface area (Å²) in [5.74, 6) is 0.0214. The van der Waals surface area contributed by atoms with Gasteiger partial charge >= 0.3 is 5.69 Å². The quantitative estimate of drug-likeness (QED) is 0.251. The van der Waals surface area contributed by atoms with E-state index in [4.69, 9.17) is 4.99 Å². The van der Waals surface area contributed by atoms with Crippen molar-refractivity contribution < 1.29 is 14.0 Å². The van der Waals surface area contributed by atoms with Crippen LogP contribution >= 0.6 is 0 Å². The Morgan fingerprint density at radius 3 is 2.51 bits per heavy atom. The van der Waals surface area contributed by atoms with E-state index in [1.54, 1.807) is 16.8 Å². The molecule has 1 saturated carbocycles. The first kappa shape index (κ1) is 30.5. The van der Waals surface area contributed by atoms with Gasteiger partial charge in [0, 0.05) is 61.5 Å². The lowest BCUT2D eigenvalue weighted by atomic mass is 9.99. The minimum atomic E-state index is -0.439. The number of carbonyl (C=O) groups is 2. The van der Waals surface area contributed by atoms with Gasteiger partial charge in [-0.2, -0.15) is 0 Å². The van der Waals surface area contributed by atoms with Crippen molar-refractivity contribution in [3.05, 3.63) is 121 Å². The molecule has 3 aliphatic rings. The number of amides is 2. The zero-order valence-electron chi connectivity index (χ0n) is 26.2. The molecule has 240 valence electrons. The monoisotopic (exact) mass is 634 g/mol. The predicted octanol–water partition coefficient (Wildman–Crippen LogP) is 4.70. The second-order valence-electron chi connectivity index (χ2n) is 12.3. The van der Waals surface area contributed by atoms with Gasteiger partial charge in [0.25, 0.3) is 17.4 Å². The molecule has 7 rings (SSSR count). The Morgan fingerprint density at radius 1 is 1.00 bits per heavy atom. The Labute approximate surface area is 270 Å². The molecule has 0 radical (unpaired) electrons. The number of rotatable bonds is 10. The summed E-state index contributed by atoms with van der Waals surface area (Å²) in [5, 5.41) is 0. The zero-order valence-corrected chi connectivity index (χ0v) is 26.2. The van der Waals surface area contributed by atoms with Crippen LogP contribution in [-0.4, -0.2) is 56.2 Å². The molecule has 2 aromatic carbocycles. The van der Waals surface area contributed by atoms with Crippen molar-refractivity contribution in [2.75, 3.05) is 24.5 Å². The Bertz CT molecular complexity index is 2010. The molecule has 0 saturated heterocycles. The van der Waals surface area contributed by atoms with Gasteiger partial charge in [0.05, 0.1) is 11.3 Å². The van der Waals surface area contributed by atoms with Crippen LogP contribution in [0.15, 0.2) is 81.4 Å². The number of aliphatic imine (C=N–C) groups is 1. The Morgan fingerprint density at radius 2 is 1.79 bits per heavy atom. The average Bonchev–Trinajstić information content (AvgIpc) is 3.82. The fourth-order valence-electron chi connectivity index (χ4n) is 6.47. The third-order valence-electron chi connectivity index (χ3n) is 9.07. The van der Waals surface area contributed by atoms with Crippen LogP contribution in [-0.2, 0) is 19.4 Å². The van der Waals surface area contributed by atoms with E-state index in [2.05, 4.69) is 4.98 Å². The highest BCUT2D eigenvalue weighted by Crippen LogP contribution is 2.34. The molecule has 4 heterocycles. The molecule has 2 aliphatic heterocycles. The van der Waals surface area contributed by atoms with E-state index >= 15 is 0 Å². The zero-order chi connectivity index (χ0) is 32.7. The maximum atomic E-state index is 13.7. The van der Waals surface area contributed by atoms with E-state index in [9.17, 15) is 23.6 Å². The third kappa shape index (κ3) is 5.82. The SMILES string of the molecule is CCCn1c2c(c(=O)n(C3CC3)c1=O)CC(c1ccc(N(CCCN3CCc4ccccc4C3=O)C(=O)c3ccc(F)cc3)nc1)=N2. The van der Waals surface area contributed by atoms with E-state index in [0.717, 1.165) is 31.2 Å². The average molecular weight is 635 g/mol. The highest BCUT2D eigenvalue weighted by molar-refractivity contribution is 6.07. The van der Waals surface area contributed by atoms with E-state index in [-0.39, 0.29) is 42.1 Å². The lowest BCUT2D eigenvalue weighted by Gasteiger charge is -2.29. The smallest absolute Gasteiger partial charge is 0.332 e. The topological polar surface area (TPSA) is 110 Å². The molecule has 0 atom stereocenters. The first-order valence-electron chi connectivity index (χ1n) is 16.2. The predicted molar refractivity (Wildman–Crippen MR) is 176 cm³/mol. The van der Waals surface area contributed by atoms with Crippen LogP contribution in [0.3, 0.4) is 0 Å². The first-order chi connectivity index (χ1) is 22.8. The van der Waals surface area contributed by atoms with Crippen LogP contribution < -0.4 is 16.1 Å². The molecular weight excluding hydrogens is 599 g/mol. The molecular formula is C36H35FN6O4. The van der Waals surface area contributed by atoms with Gasteiger partial charge in [-0.25, -0.2) is 19.2 Å². The minimum absolute atomic E-state index is 0.0164. The van der Waals surface area contributed by atoms with E-state index in [1.165, 1.54) is 33.7 Å². The molecule has 10 nitrogen and oxygen atoms in total. The first-order valence-corrected chi connectivity index (χ1v) is 16.2. The summed E-state index contributed by atoms with van der Waals surface area (Å²) in [6.07, 6.45) is 5.58. The number of anilines is 1. The number of pyridine rings is 1. The van der Waals surface area contributed by atoms with Crippen LogP contribution in [0.25, 0.3) is 0 Å². The molecule has 0 spiro atoms. The molecule has 1 fully saturated rings. The number of fused-ring (bicyclic) bond motifs is 2. The van der Waals surface area contributed by atoms with Gasteiger partial charge in [-0.3, -0.25) is 28.4 Å².